The summed E-state index contributed by atoms with van der Waals surface area (Å²) in [6.07, 6.45) is -3.48. The van der Waals surface area contributed by atoms with Gasteiger partial charge < -0.3 is 10.2 Å². The average Bonchev–Trinajstić information content (AvgIpc) is 2.25. The predicted octanol–water partition coefficient (Wildman–Crippen LogP) is 3.46. The summed E-state index contributed by atoms with van der Waals surface area (Å²) in [5.74, 6) is -5.80. The maximum absolute atomic E-state index is 13.9. The van der Waals surface area contributed by atoms with Gasteiger partial charge in [0.1, 0.15) is 22.2 Å². The third-order valence-electron chi connectivity index (χ3n) is 2.39. The fraction of sp³-hybridized carbons (Fsp3) is 0.364. The Labute approximate surface area is 106 Å². The molecule has 0 saturated carbocycles. The monoisotopic (exact) mass is 282 g/mol. The number of ketones is 1. The number of carbonyl (C=O) groups is 1. The zero-order chi connectivity index (χ0) is 14.2. The molecule has 3 nitrogen and oxygen atoms in total. The summed E-state index contributed by atoms with van der Waals surface area (Å²) in [7, 11) is 0. The second-order valence-corrected chi connectivity index (χ2v) is 4.31. The molecule has 0 heterocycles. The molecule has 0 fully saturated rings. The Bertz CT molecular complexity index is 501. The highest BCUT2D eigenvalue weighted by atomic mass is 35.5. The van der Waals surface area contributed by atoms with Crippen LogP contribution in [0.5, 0.6) is 11.5 Å². The van der Waals surface area contributed by atoms with Gasteiger partial charge >= 0.3 is 6.43 Å². The molecule has 0 spiro atoms. The van der Waals surface area contributed by atoms with Crippen LogP contribution in [-0.4, -0.2) is 22.4 Å². The lowest BCUT2D eigenvalue weighted by atomic mass is 9.96. The smallest absolute Gasteiger partial charge is 0.300 e. The lowest BCUT2D eigenvalue weighted by molar-refractivity contribution is 0.0670. The van der Waals surface area contributed by atoms with Gasteiger partial charge in [-0.15, -0.1) is 0 Å². The van der Waals surface area contributed by atoms with Crippen LogP contribution in [0.25, 0.3) is 0 Å². The number of phenols is 2. The highest BCUT2D eigenvalue weighted by Gasteiger charge is 2.32. The lowest BCUT2D eigenvalue weighted by Gasteiger charge is -2.15. The molecule has 2 N–H and O–H groups in total. The van der Waals surface area contributed by atoms with Crippen molar-refractivity contribution in [3.63, 3.8) is 0 Å². The molecule has 18 heavy (non-hydrogen) atoms. The van der Waals surface area contributed by atoms with E-state index in [4.69, 9.17) is 11.6 Å². The Hall–Kier alpha value is -1.43. The van der Waals surface area contributed by atoms with Gasteiger partial charge in [0.05, 0.1) is 0 Å². The van der Waals surface area contributed by atoms with Crippen molar-refractivity contribution in [1.29, 1.82) is 0 Å². The van der Waals surface area contributed by atoms with Crippen LogP contribution >= 0.6 is 11.6 Å². The average molecular weight is 283 g/mol. The van der Waals surface area contributed by atoms with Crippen molar-refractivity contribution < 1.29 is 28.2 Å². The topological polar surface area (TPSA) is 57.5 Å². The van der Waals surface area contributed by atoms with Crippen LogP contribution in [0.15, 0.2) is 0 Å². The Morgan fingerprint density at radius 1 is 1.22 bits per heavy atom. The summed E-state index contributed by atoms with van der Waals surface area (Å²) in [4.78, 5) is 11.1. The van der Waals surface area contributed by atoms with Gasteiger partial charge in [-0.25, -0.2) is 13.2 Å². The minimum Gasteiger partial charge on any atom is -0.506 e. The first-order valence-corrected chi connectivity index (χ1v) is 5.33. The van der Waals surface area contributed by atoms with Crippen LogP contribution in [0.4, 0.5) is 13.2 Å². The van der Waals surface area contributed by atoms with Gasteiger partial charge in [0.25, 0.3) is 0 Å². The molecule has 0 atom stereocenters. The predicted molar refractivity (Wildman–Crippen MR) is 59.2 cm³/mol. The molecular weight excluding hydrogens is 273 g/mol. The number of hydrogen-bond acceptors (Lipinski definition) is 3. The Morgan fingerprint density at radius 3 is 2.11 bits per heavy atom. The molecular formula is C11H10ClF3O3. The third kappa shape index (κ3) is 2.25. The Balaban J connectivity index is 3.68. The van der Waals surface area contributed by atoms with Gasteiger partial charge in [-0.2, -0.15) is 0 Å². The molecule has 0 aliphatic heterocycles. The highest BCUT2D eigenvalue weighted by molar-refractivity contribution is 6.34. The summed E-state index contributed by atoms with van der Waals surface area (Å²) in [5, 5.41) is 18.2. The maximum Gasteiger partial charge on any atom is 0.300 e. The number of halogens is 4. The van der Waals surface area contributed by atoms with Crippen LogP contribution in [0.3, 0.4) is 0 Å². The van der Waals surface area contributed by atoms with Crippen molar-refractivity contribution in [2.75, 3.05) is 0 Å². The first kappa shape index (κ1) is 14.6. The molecule has 0 unspecified atom stereocenters. The van der Waals surface area contributed by atoms with Gasteiger partial charge in [-0.05, 0) is 5.92 Å². The van der Waals surface area contributed by atoms with Crippen LogP contribution in [-0.2, 0) is 0 Å². The van der Waals surface area contributed by atoms with E-state index in [1.54, 1.807) is 0 Å². The van der Waals surface area contributed by atoms with Crippen LogP contribution in [0.2, 0.25) is 5.02 Å². The van der Waals surface area contributed by atoms with E-state index >= 15 is 0 Å². The van der Waals surface area contributed by atoms with E-state index in [-0.39, 0.29) is 5.56 Å². The minimum atomic E-state index is -3.48. The van der Waals surface area contributed by atoms with Crippen molar-refractivity contribution >= 4 is 17.4 Å². The number of phenolic OH excluding ortho intramolecular Hbond substituents is 2. The molecule has 0 amide bonds. The fourth-order valence-corrected chi connectivity index (χ4v) is 1.74. The summed E-state index contributed by atoms with van der Waals surface area (Å²) < 4.78 is 38.5. The minimum absolute atomic E-state index is 0.387. The zero-order valence-electron chi connectivity index (χ0n) is 9.47. The van der Waals surface area contributed by atoms with Gasteiger partial charge in [-0.1, -0.05) is 25.4 Å². The quantitative estimate of drug-likeness (QED) is 0.835. The zero-order valence-corrected chi connectivity index (χ0v) is 10.2. The molecule has 7 heteroatoms. The molecule has 0 saturated heterocycles. The standard InChI is InChI=1S/C11H10ClF3O3/c1-3(2)4-7(13)5(10(18)11(14)15)9(17)6(12)8(4)16/h3,11,16-17H,1-2H3. The van der Waals surface area contributed by atoms with Gasteiger partial charge in [0, 0.05) is 5.56 Å². The Morgan fingerprint density at radius 2 is 1.72 bits per heavy atom. The van der Waals surface area contributed by atoms with Gasteiger partial charge in [0.2, 0.25) is 5.78 Å². The molecule has 1 aromatic carbocycles. The van der Waals surface area contributed by atoms with E-state index < -0.39 is 46.0 Å². The highest BCUT2D eigenvalue weighted by Crippen LogP contribution is 2.44. The molecule has 1 rings (SSSR count). The van der Waals surface area contributed by atoms with Crippen molar-refractivity contribution in [2.45, 2.75) is 26.2 Å². The number of aromatic hydroxyl groups is 2. The maximum atomic E-state index is 13.9. The first-order chi connectivity index (χ1) is 8.20. The summed E-state index contributed by atoms with van der Waals surface area (Å²) >= 11 is 5.49. The van der Waals surface area contributed by atoms with Crippen LogP contribution in [0, 0.1) is 5.82 Å². The fourth-order valence-electron chi connectivity index (χ4n) is 1.54. The van der Waals surface area contributed by atoms with E-state index in [0.29, 0.717) is 0 Å². The van der Waals surface area contributed by atoms with E-state index in [9.17, 15) is 28.2 Å². The van der Waals surface area contributed by atoms with Crippen molar-refractivity contribution in [1.82, 2.24) is 0 Å². The number of Topliss-reactive ketones (excluding diaryl/α,β-unsaturated/α-hetero) is 1. The second kappa shape index (κ2) is 5.06. The first-order valence-electron chi connectivity index (χ1n) is 4.95. The molecule has 0 bridgehead atoms. The van der Waals surface area contributed by atoms with E-state index in [2.05, 4.69) is 0 Å². The summed E-state index contributed by atoms with van der Waals surface area (Å²) in [5.41, 5.74) is -1.58. The Kier molecular flexibility index (Phi) is 4.11. The normalized spacial score (nSPS) is 11.3. The number of hydrogen-bond donors (Lipinski definition) is 2. The number of carbonyl (C=O) groups excluding carboxylic acids is 1. The number of alkyl halides is 2. The van der Waals surface area contributed by atoms with Crippen molar-refractivity contribution in [2.24, 2.45) is 0 Å². The van der Waals surface area contributed by atoms with Crippen LogP contribution < -0.4 is 0 Å². The van der Waals surface area contributed by atoms with E-state index in [0.717, 1.165) is 0 Å². The van der Waals surface area contributed by atoms with Crippen LogP contribution in [0.1, 0.15) is 35.7 Å². The second-order valence-electron chi connectivity index (χ2n) is 3.93. The van der Waals surface area contributed by atoms with Gasteiger partial charge in [-0.3, -0.25) is 4.79 Å². The van der Waals surface area contributed by atoms with E-state index in [1.165, 1.54) is 13.8 Å². The number of benzene rings is 1. The van der Waals surface area contributed by atoms with Gasteiger partial charge in [0.15, 0.2) is 5.75 Å². The molecule has 0 aromatic heterocycles. The summed E-state index contributed by atoms with van der Waals surface area (Å²) in [6, 6.07) is 0. The molecule has 100 valence electrons. The molecule has 0 aliphatic carbocycles. The van der Waals surface area contributed by atoms with Crippen molar-refractivity contribution in [3.05, 3.63) is 22.0 Å². The molecule has 0 aliphatic rings. The molecule has 1 aromatic rings. The number of rotatable bonds is 3. The SMILES string of the molecule is CC(C)c1c(O)c(Cl)c(O)c(C(=O)C(F)F)c1F. The summed E-state index contributed by atoms with van der Waals surface area (Å²) in [6.45, 7) is 2.95. The van der Waals surface area contributed by atoms with E-state index in [1.807, 2.05) is 0 Å². The molecule has 0 radical (unpaired) electrons. The third-order valence-corrected chi connectivity index (χ3v) is 2.74. The largest absolute Gasteiger partial charge is 0.506 e. The lowest BCUT2D eigenvalue weighted by Crippen LogP contribution is -2.14. The van der Waals surface area contributed by atoms with Crippen molar-refractivity contribution in [3.8, 4) is 11.5 Å².